The van der Waals surface area contributed by atoms with Crippen LogP contribution < -0.4 is 5.32 Å². The number of hydrogen-bond acceptors (Lipinski definition) is 1. The second-order valence-electron chi connectivity index (χ2n) is 5.31. The van der Waals surface area contributed by atoms with E-state index in [4.69, 9.17) is 11.6 Å². The fourth-order valence-corrected chi connectivity index (χ4v) is 3.22. The van der Waals surface area contributed by atoms with Crippen LogP contribution >= 0.6 is 11.6 Å². The van der Waals surface area contributed by atoms with Gasteiger partial charge in [0.15, 0.2) is 0 Å². The molecule has 2 unspecified atom stereocenters. The smallest absolute Gasteiger partial charge is 0.0365 e. The molecule has 2 saturated carbocycles. The Kier molecular flexibility index (Phi) is 3.73. The van der Waals surface area contributed by atoms with Gasteiger partial charge in [0.25, 0.3) is 0 Å². The summed E-state index contributed by atoms with van der Waals surface area (Å²) in [5.74, 6) is 1.89. The van der Waals surface area contributed by atoms with E-state index >= 15 is 0 Å². The Labute approximate surface area is 92.6 Å². The fourth-order valence-electron chi connectivity index (χ4n) is 2.79. The summed E-state index contributed by atoms with van der Waals surface area (Å²) in [6.07, 6.45) is 8.13. The molecule has 0 bridgehead atoms. The zero-order chi connectivity index (χ0) is 9.97. The molecule has 14 heavy (non-hydrogen) atoms. The Morgan fingerprint density at radius 3 is 2.64 bits per heavy atom. The molecule has 0 radical (unpaired) electrons. The summed E-state index contributed by atoms with van der Waals surface area (Å²) < 4.78 is 0. The molecular weight excluding hydrogens is 194 g/mol. The zero-order valence-electron chi connectivity index (χ0n) is 9.14. The van der Waals surface area contributed by atoms with Crippen LogP contribution in [0.3, 0.4) is 0 Å². The summed E-state index contributed by atoms with van der Waals surface area (Å²) in [5, 5.41) is 4.11. The zero-order valence-corrected chi connectivity index (χ0v) is 9.89. The van der Waals surface area contributed by atoms with Gasteiger partial charge in [-0.05, 0) is 44.1 Å². The van der Waals surface area contributed by atoms with E-state index in [1.165, 1.54) is 45.1 Å². The van der Waals surface area contributed by atoms with Crippen LogP contribution in [-0.2, 0) is 0 Å². The van der Waals surface area contributed by atoms with E-state index in [-0.39, 0.29) is 0 Å². The van der Waals surface area contributed by atoms with Gasteiger partial charge >= 0.3 is 0 Å². The normalized spacial score (nSPS) is 43.3. The van der Waals surface area contributed by atoms with Crippen molar-refractivity contribution in [2.45, 2.75) is 56.9 Å². The van der Waals surface area contributed by atoms with E-state index in [0.29, 0.717) is 5.38 Å². The Balaban J connectivity index is 1.60. The summed E-state index contributed by atoms with van der Waals surface area (Å²) in [6.45, 7) is 3.63. The molecule has 82 valence electrons. The van der Waals surface area contributed by atoms with E-state index < -0.39 is 0 Å². The van der Waals surface area contributed by atoms with Gasteiger partial charge < -0.3 is 5.32 Å². The van der Waals surface area contributed by atoms with Gasteiger partial charge in [-0.3, -0.25) is 0 Å². The molecule has 0 aliphatic heterocycles. The van der Waals surface area contributed by atoms with Crippen molar-refractivity contribution in [2.75, 3.05) is 6.54 Å². The van der Waals surface area contributed by atoms with E-state index in [1.807, 2.05) is 0 Å². The van der Waals surface area contributed by atoms with Gasteiger partial charge in [-0.25, -0.2) is 0 Å². The lowest BCUT2D eigenvalue weighted by Gasteiger charge is -2.34. The molecular formula is C12H22ClN. The average molecular weight is 216 g/mol. The van der Waals surface area contributed by atoms with Crippen LogP contribution in [0.5, 0.6) is 0 Å². The Bertz CT molecular complexity index is 177. The second-order valence-corrected chi connectivity index (χ2v) is 5.93. The molecule has 1 N–H and O–H groups in total. The van der Waals surface area contributed by atoms with E-state index in [1.54, 1.807) is 0 Å². The van der Waals surface area contributed by atoms with Crippen LogP contribution in [0.4, 0.5) is 0 Å². The highest BCUT2D eigenvalue weighted by molar-refractivity contribution is 6.21. The van der Waals surface area contributed by atoms with Gasteiger partial charge in [0.1, 0.15) is 0 Å². The third kappa shape index (κ3) is 2.87. The van der Waals surface area contributed by atoms with Crippen molar-refractivity contribution in [1.82, 2.24) is 5.32 Å². The second kappa shape index (κ2) is 4.85. The molecule has 0 amide bonds. The Morgan fingerprint density at radius 1 is 1.21 bits per heavy atom. The summed E-state index contributed by atoms with van der Waals surface area (Å²) in [6, 6.07) is 0.731. The van der Waals surface area contributed by atoms with Gasteiger partial charge in [-0.15, -0.1) is 11.6 Å². The van der Waals surface area contributed by atoms with Gasteiger partial charge in [0.05, 0.1) is 0 Å². The van der Waals surface area contributed by atoms with Crippen molar-refractivity contribution < 1.29 is 0 Å². The minimum Gasteiger partial charge on any atom is -0.314 e. The summed E-state index contributed by atoms with van der Waals surface area (Å²) in [4.78, 5) is 0. The van der Waals surface area contributed by atoms with Gasteiger partial charge in [0, 0.05) is 11.4 Å². The topological polar surface area (TPSA) is 12.0 Å². The highest BCUT2D eigenvalue weighted by Crippen LogP contribution is 2.29. The van der Waals surface area contributed by atoms with Crippen LogP contribution in [-0.4, -0.2) is 18.0 Å². The molecule has 2 heteroatoms. The first-order chi connectivity index (χ1) is 6.74. The average Bonchev–Trinajstić information content (AvgIpc) is 2.11. The lowest BCUT2D eigenvalue weighted by molar-refractivity contribution is 0.247. The van der Waals surface area contributed by atoms with Crippen molar-refractivity contribution in [3.63, 3.8) is 0 Å². The van der Waals surface area contributed by atoms with Gasteiger partial charge in [-0.1, -0.05) is 19.8 Å². The lowest BCUT2D eigenvalue weighted by atomic mass is 9.82. The van der Waals surface area contributed by atoms with E-state index in [0.717, 1.165) is 17.9 Å². The first-order valence-corrected chi connectivity index (χ1v) is 6.55. The minimum absolute atomic E-state index is 0.456. The van der Waals surface area contributed by atoms with Crippen LogP contribution in [0.25, 0.3) is 0 Å². The molecule has 2 aliphatic carbocycles. The molecule has 0 aromatic rings. The number of nitrogens with one attached hydrogen (secondary N) is 1. The quantitative estimate of drug-likeness (QED) is 0.714. The third-order valence-corrected chi connectivity index (χ3v) is 4.18. The number of halogens is 1. The van der Waals surface area contributed by atoms with Crippen molar-refractivity contribution in [3.05, 3.63) is 0 Å². The van der Waals surface area contributed by atoms with Crippen LogP contribution in [0.15, 0.2) is 0 Å². The first-order valence-electron chi connectivity index (χ1n) is 6.11. The molecule has 0 aromatic carbocycles. The summed E-state index contributed by atoms with van der Waals surface area (Å²) in [7, 11) is 0. The molecule has 0 aromatic heterocycles. The largest absolute Gasteiger partial charge is 0.314 e. The van der Waals surface area contributed by atoms with Gasteiger partial charge in [-0.2, -0.15) is 0 Å². The highest BCUT2D eigenvalue weighted by atomic mass is 35.5. The highest BCUT2D eigenvalue weighted by Gasteiger charge is 2.27. The fraction of sp³-hybridized carbons (Fsp3) is 1.00. The van der Waals surface area contributed by atoms with E-state index in [2.05, 4.69) is 12.2 Å². The molecule has 2 fully saturated rings. The number of hydrogen-bond donors (Lipinski definition) is 1. The molecule has 2 rings (SSSR count). The molecule has 0 saturated heterocycles. The van der Waals surface area contributed by atoms with Crippen molar-refractivity contribution in [3.8, 4) is 0 Å². The van der Waals surface area contributed by atoms with Crippen molar-refractivity contribution in [1.29, 1.82) is 0 Å². The predicted molar refractivity (Wildman–Crippen MR) is 61.8 cm³/mol. The predicted octanol–water partition coefficient (Wildman–Crippen LogP) is 3.17. The lowest BCUT2D eigenvalue weighted by Crippen LogP contribution is -2.44. The minimum atomic E-state index is 0.456. The standard InChI is InChI=1S/C12H22ClN/c1-9-3-2-4-10(5-9)8-14-12-6-11(13)7-12/h9-12,14H,2-8H2,1H3. The van der Waals surface area contributed by atoms with Crippen molar-refractivity contribution >= 4 is 11.6 Å². The third-order valence-electron chi connectivity index (χ3n) is 3.82. The Morgan fingerprint density at radius 2 is 2.00 bits per heavy atom. The maximum absolute atomic E-state index is 5.95. The van der Waals surface area contributed by atoms with Crippen LogP contribution in [0.1, 0.15) is 45.4 Å². The number of alkyl halides is 1. The van der Waals surface area contributed by atoms with Crippen LogP contribution in [0.2, 0.25) is 0 Å². The van der Waals surface area contributed by atoms with Crippen LogP contribution in [0, 0.1) is 11.8 Å². The first kappa shape index (κ1) is 10.8. The Hall–Kier alpha value is 0.250. The van der Waals surface area contributed by atoms with Gasteiger partial charge in [0.2, 0.25) is 0 Å². The maximum Gasteiger partial charge on any atom is 0.0365 e. The summed E-state index contributed by atoms with van der Waals surface area (Å²) in [5.41, 5.74) is 0. The van der Waals surface area contributed by atoms with Crippen molar-refractivity contribution in [2.24, 2.45) is 11.8 Å². The summed E-state index contributed by atoms with van der Waals surface area (Å²) >= 11 is 5.95. The van der Waals surface area contributed by atoms with E-state index in [9.17, 15) is 0 Å². The maximum atomic E-state index is 5.95. The SMILES string of the molecule is CC1CCCC(CNC2CC(Cl)C2)C1. The number of rotatable bonds is 3. The molecule has 0 spiro atoms. The monoisotopic (exact) mass is 215 g/mol. The molecule has 0 heterocycles. The molecule has 1 nitrogen and oxygen atoms in total. The molecule has 2 aliphatic rings. The molecule has 2 atom stereocenters.